The third-order valence-corrected chi connectivity index (χ3v) is 0.738. The molecule has 0 aliphatic rings. The van der Waals surface area contributed by atoms with Gasteiger partial charge < -0.3 is 11.5 Å². The number of allylic oxidation sites excluding steroid dienone is 1. The molecule has 5 N–H and O–H groups in total. The van der Waals surface area contributed by atoms with Crippen LogP contribution in [0.4, 0.5) is 0 Å². The maximum absolute atomic E-state index is 6.84. The van der Waals surface area contributed by atoms with Crippen LogP contribution in [0.25, 0.3) is 0 Å². The summed E-state index contributed by atoms with van der Waals surface area (Å²) in [6.45, 7) is 3.40. The molecule has 0 aliphatic heterocycles. The zero-order chi connectivity index (χ0) is 7.98. The van der Waals surface area contributed by atoms with Gasteiger partial charge >= 0.3 is 0 Å². The molecule has 0 rings (SSSR count). The van der Waals surface area contributed by atoms with Gasteiger partial charge in [-0.05, 0) is 12.3 Å². The second-order valence-corrected chi connectivity index (χ2v) is 1.52. The average Bonchev–Trinajstić information content (AvgIpc) is 1.88. The van der Waals surface area contributed by atoms with Gasteiger partial charge in [-0.3, -0.25) is 10.4 Å². The SMILES string of the molecule is C=C(/N=C\C=C/N)C(=N)N. The number of hydrogen-bond donors (Lipinski definition) is 3. The lowest BCUT2D eigenvalue weighted by atomic mass is 10.5. The van der Waals surface area contributed by atoms with Gasteiger partial charge in [-0.15, -0.1) is 0 Å². The number of nitrogens with zero attached hydrogens (tertiary/aromatic N) is 1. The first-order chi connectivity index (χ1) is 4.68. The van der Waals surface area contributed by atoms with Crippen LogP contribution < -0.4 is 11.5 Å². The Labute approximate surface area is 59.4 Å². The summed E-state index contributed by atoms with van der Waals surface area (Å²) < 4.78 is 0. The van der Waals surface area contributed by atoms with Gasteiger partial charge in [0.15, 0.2) is 0 Å². The van der Waals surface area contributed by atoms with E-state index in [0.29, 0.717) is 0 Å². The van der Waals surface area contributed by atoms with Crippen LogP contribution in [0.1, 0.15) is 0 Å². The van der Waals surface area contributed by atoms with E-state index in [4.69, 9.17) is 16.9 Å². The number of amidine groups is 1. The fourth-order valence-electron chi connectivity index (χ4n) is 0.252. The van der Waals surface area contributed by atoms with E-state index in [1.165, 1.54) is 18.5 Å². The Morgan fingerprint density at radius 2 is 2.20 bits per heavy atom. The molecule has 0 atom stereocenters. The molecule has 0 aromatic heterocycles. The van der Waals surface area contributed by atoms with Gasteiger partial charge in [-0.2, -0.15) is 0 Å². The molecule has 0 spiro atoms. The molecule has 0 radical (unpaired) electrons. The highest BCUT2D eigenvalue weighted by Gasteiger charge is 1.88. The summed E-state index contributed by atoms with van der Waals surface area (Å²) >= 11 is 0. The summed E-state index contributed by atoms with van der Waals surface area (Å²) in [6, 6.07) is 0. The van der Waals surface area contributed by atoms with E-state index in [1.54, 1.807) is 0 Å². The number of hydrogen-bond acceptors (Lipinski definition) is 3. The zero-order valence-corrected chi connectivity index (χ0v) is 5.54. The Morgan fingerprint density at radius 1 is 1.60 bits per heavy atom. The predicted octanol–water partition coefficient (Wildman–Crippen LogP) is -0.0207. The van der Waals surface area contributed by atoms with E-state index in [0.717, 1.165) is 0 Å². The van der Waals surface area contributed by atoms with E-state index in [2.05, 4.69) is 11.6 Å². The Morgan fingerprint density at radius 3 is 2.60 bits per heavy atom. The monoisotopic (exact) mass is 138 g/mol. The standard InChI is InChI=1S/C6H10N4/c1-5(6(8)9)10-4-2-3-7/h2-4H,1,7H2,(H3,8,9)/b3-2-,10-4-. The maximum atomic E-state index is 6.84. The molecule has 10 heavy (non-hydrogen) atoms. The third kappa shape index (κ3) is 3.43. The first-order valence-electron chi connectivity index (χ1n) is 2.62. The Bertz CT molecular complexity index is 190. The summed E-state index contributed by atoms with van der Waals surface area (Å²) in [7, 11) is 0. The van der Waals surface area contributed by atoms with Crippen molar-refractivity contribution < 1.29 is 0 Å². The minimum Gasteiger partial charge on any atom is -0.405 e. The summed E-state index contributed by atoms with van der Waals surface area (Å²) in [5.41, 5.74) is 10.3. The van der Waals surface area contributed by atoms with Crippen molar-refractivity contribution in [2.24, 2.45) is 16.5 Å². The molecule has 0 bridgehead atoms. The van der Waals surface area contributed by atoms with Crippen LogP contribution in [0, 0.1) is 5.41 Å². The molecule has 0 saturated heterocycles. The fourth-order valence-corrected chi connectivity index (χ4v) is 0.252. The highest BCUT2D eigenvalue weighted by molar-refractivity contribution is 5.95. The lowest BCUT2D eigenvalue weighted by Gasteiger charge is -1.90. The molecule has 0 saturated carbocycles. The Balaban J connectivity index is 3.90. The summed E-state index contributed by atoms with van der Waals surface area (Å²) in [5, 5.41) is 6.84. The zero-order valence-electron chi connectivity index (χ0n) is 5.54. The Kier molecular flexibility index (Phi) is 3.63. The molecule has 54 valence electrons. The molecule has 0 aromatic rings. The van der Waals surface area contributed by atoms with Gasteiger partial charge in [0.05, 0.1) is 5.70 Å². The molecule has 0 aromatic carbocycles. The number of aliphatic imine (C=N–C) groups is 1. The topological polar surface area (TPSA) is 88.2 Å². The highest BCUT2D eigenvalue weighted by Crippen LogP contribution is 1.87. The Hall–Kier alpha value is -1.58. The van der Waals surface area contributed by atoms with E-state index < -0.39 is 0 Å². The molecular formula is C6H10N4. The van der Waals surface area contributed by atoms with Crippen molar-refractivity contribution in [1.29, 1.82) is 5.41 Å². The smallest absolute Gasteiger partial charge is 0.141 e. The first-order valence-corrected chi connectivity index (χ1v) is 2.62. The van der Waals surface area contributed by atoms with Gasteiger partial charge in [-0.1, -0.05) is 6.58 Å². The van der Waals surface area contributed by atoms with Crippen LogP contribution in [0.3, 0.4) is 0 Å². The second-order valence-electron chi connectivity index (χ2n) is 1.52. The van der Waals surface area contributed by atoms with E-state index >= 15 is 0 Å². The van der Waals surface area contributed by atoms with Gasteiger partial charge in [-0.25, -0.2) is 0 Å². The van der Waals surface area contributed by atoms with Crippen molar-refractivity contribution in [1.82, 2.24) is 0 Å². The second kappa shape index (κ2) is 4.31. The molecule has 4 nitrogen and oxygen atoms in total. The molecule has 0 unspecified atom stereocenters. The molecule has 0 heterocycles. The van der Waals surface area contributed by atoms with Crippen molar-refractivity contribution in [3.05, 3.63) is 24.6 Å². The largest absolute Gasteiger partial charge is 0.405 e. The van der Waals surface area contributed by atoms with Gasteiger partial charge in [0, 0.05) is 6.21 Å². The lowest BCUT2D eigenvalue weighted by Crippen LogP contribution is -2.10. The van der Waals surface area contributed by atoms with E-state index in [9.17, 15) is 0 Å². The summed E-state index contributed by atoms with van der Waals surface area (Å²) in [4.78, 5) is 3.68. The number of rotatable bonds is 3. The molecule has 0 aliphatic carbocycles. The van der Waals surface area contributed by atoms with Crippen LogP contribution >= 0.6 is 0 Å². The maximum Gasteiger partial charge on any atom is 0.141 e. The van der Waals surface area contributed by atoms with Crippen LogP contribution in [0.15, 0.2) is 29.5 Å². The number of nitrogens with two attached hydrogens (primary N) is 2. The van der Waals surface area contributed by atoms with E-state index in [1.807, 2.05) is 0 Å². The lowest BCUT2D eigenvalue weighted by molar-refractivity contribution is 1.37. The molecule has 0 fully saturated rings. The van der Waals surface area contributed by atoms with Crippen LogP contribution in [0.2, 0.25) is 0 Å². The summed E-state index contributed by atoms with van der Waals surface area (Å²) in [6.07, 6.45) is 4.27. The predicted molar refractivity (Wildman–Crippen MR) is 42.9 cm³/mol. The minimum absolute atomic E-state index is 0.137. The van der Waals surface area contributed by atoms with Gasteiger partial charge in [0.25, 0.3) is 0 Å². The van der Waals surface area contributed by atoms with Crippen LogP contribution in [0.5, 0.6) is 0 Å². The third-order valence-electron chi connectivity index (χ3n) is 0.738. The summed E-state index contributed by atoms with van der Waals surface area (Å²) in [5.74, 6) is -0.137. The average molecular weight is 138 g/mol. The molecule has 0 amide bonds. The van der Waals surface area contributed by atoms with Crippen molar-refractivity contribution in [3.8, 4) is 0 Å². The van der Waals surface area contributed by atoms with Crippen molar-refractivity contribution in [2.45, 2.75) is 0 Å². The van der Waals surface area contributed by atoms with Crippen molar-refractivity contribution in [3.63, 3.8) is 0 Å². The van der Waals surface area contributed by atoms with Crippen molar-refractivity contribution in [2.75, 3.05) is 0 Å². The molecule has 4 heteroatoms. The van der Waals surface area contributed by atoms with Crippen molar-refractivity contribution >= 4 is 12.1 Å². The van der Waals surface area contributed by atoms with Gasteiger partial charge in [0.1, 0.15) is 5.84 Å². The van der Waals surface area contributed by atoms with Crippen LogP contribution in [-0.4, -0.2) is 12.1 Å². The number of nitrogens with one attached hydrogen (secondary N) is 1. The van der Waals surface area contributed by atoms with E-state index in [-0.39, 0.29) is 11.5 Å². The normalized spacial score (nSPS) is 10.8. The minimum atomic E-state index is -0.137. The molecular weight excluding hydrogens is 128 g/mol. The van der Waals surface area contributed by atoms with Gasteiger partial charge in [0.2, 0.25) is 0 Å². The highest BCUT2D eigenvalue weighted by atomic mass is 14.8. The first kappa shape index (κ1) is 8.42. The fraction of sp³-hybridized carbons (Fsp3) is 0. The van der Waals surface area contributed by atoms with Crippen LogP contribution in [-0.2, 0) is 0 Å². The quantitative estimate of drug-likeness (QED) is 0.378.